The number of aromatic nitrogens is 3. The Kier molecular flexibility index (Phi) is 4.45. The first-order valence-electron chi connectivity index (χ1n) is 8.58. The number of pyridine rings is 1. The number of aromatic hydroxyl groups is 1. The normalized spacial score (nSPS) is 14.8. The molecule has 1 aliphatic rings. The first-order valence-corrected chi connectivity index (χ1v) is 8.58. The van der Waals surface area contributed by atoms with E-state index in [0.29, 0.717) is 29.7 Å². The lowest BCUT2D eigenvalue weighted by atomic mass is 10.0. The van der Waals surface area contributed by atoms with E-state index in [1.54, 1.807) is 6.07 Å². The Labute approximate surface area is 155 Å². The standard InChI is InChI=1S/C18H15F5N4O/c19-14-10(4-12(18(21,22)23)15(20)17(14)28)16-11-7-25-9(3-13(11)26-27-16)6-24-5-8-1-2-8/h3-4,7-8,24,28H,1-2,5-6H2,(H,26,27). The number of phenols is 1. The minimum Gasteiger partial charge on any atom is -0.503 e. The van der Waals surface area contributed by atoms with E-state index in [-0.39, 0.29) is 11.1 Å². The molecular formula is C18H15F5N4O. The molecular weight excluding hydrogens is 383 g/mol. The van der Waals surface area contributed by atoms with Gasteiger partial charge in [-0.05, 0) is 37.4 Å². The van der Waals surface area contributed by atoms with Crippen LogP contribution in [-0.4, -0.2) is 26.8 Å². The largest absolute Gasteiger partial charge is 0.503 e. The zero-order chi connectivity index (χ0) is 20.1. The minimum absolute atomic E-state index is 0.196. The summed E-state index contributed by atoms with van der Waals surface area (Å²) in [5, 5.41) is 19.5. The Morgan fingerprint density at radius 3 is 2.61 bits per heavy atom. The lowest BCUT2D eigenvalue weighted by molar-refractivity contribution is -0.140. The van der Waals surface area contributed by atoms with Gasteiger partial charge < -0.3 is 10.4 Å². The van der Waals surface area contributed by atoms with Crippen LogP contribution in [-0.2, 0) is 12.7 Å². The molecule has 4 rings (SSSR count). The number of nitrogens with zero attached hydrogens (tertiary/aromatic N) is 2. The third kappa shape index (κ3) is 3.39. The summed E-state index contributed by atoms with van der Waals surface area (Å²) in [5.74, 6) is -4.58. The molecule has 1 fully saturated rings. The summed E-state index contributed by atoms with van der Waals surface area (Å²) in [6.45, 7) is 1.39. The average Bonchev–Trinajstić information content (AvgIpc) is 3.37. The van der Waals surface area contributed by atoms with Crippen molar-refractivity contribution in [1.82, 2.24) is 20.5 Å². The van der Waals surface area contributed by atoms with Gasteiger partial charge >= 0.3 is 6.18 Å². The second kappa shape index (κ2) is 6.69. The van der Waals surface area contributed by atoms with Crippen LogP contribution in [0.2, 0.25) is 0 Å². The lowest BCUT2D eigenvalue weighted by Crippen LogP contribution is -2.16. The zero-order valence-corrected chi connectivity index (χ0v) is 14.4. The number of hydrogen-bond acceptors (Lipinski definition) is 4. The Morgan fingerprint density at radius 2 is 1.93 bits per heavy atom. The third-order valence-electron chi connectivity index (χ3n) is 4.68. The molecule has 0 radical (unpaired) electrons. The summed E-state index contributed by atoms with van der Waals surface area (Å²) in [5.41, 5.74) is -1.52. The van der Waals surface area contributed by atoms with Gasteiger partial charge in [-0.15, -0.1) is 0 Å². The smallest absolute Gasteiger partial charge is 0.419 e. The quantitative estimate of drug-likeness (QED) is 0.565. The van der Waals surface area contributed by atoms with Crippen LogP contribution < -0.4 is 5.32 Å². The topological polar surface area (TPSA) is 73.8 Å². The minimum atomic E-state index is -5.10. The van der Waals surface area contributed by atoms with Crippen molar-refractivity contribution >= 4 is 10.9 Å². The molecule has 0 saturated heterocycles. The van der Waals surface area contributed by atoms with Crippen molar-refractivity contribution < 1.29 is 27.1 Å². The maximum absolute atomic E-state index is 14.3. The van der Waals surface area contributed by atoms with Crippen LogP contribution in [0.4, 0.5) is 22.0 Å². The van der Waals surface area contributed by atoms with E-state index in [4.69, 9.17) is 0 Å². The number of halogens is 5. The molecule has 3 N–H and O–H groups in total. The molecule has 0 atom stereocenters. The van der Waals surface area contributed by atoms with Gasteiger partial charge in [0.1, 0.15) is 5.69 Å². The van der Waals surface area contributed by atoms with E-state index >= 15 is 0 Å². The predicted molar refractivity (Wildman–Crippen MR) is 90.3 cm³/mol. The Balaban J connectivity index is 1.71. The molecule has 2 heterocycles. The van der Waals surface area contributed by atoms with Gasteiger partial charge in [-0.2, -0.15) is 18.3 Å². The van der Waals surface area contributed by atoms with Crippen molar-refractivity contribution in [2.45, 2.75) is 25.6 Å². The van der Waals surface area contributed by atoms with Gasteiger partial charge in [-0.25, -0.2) is 8.78 Å². The van der Waals surface area contributed by atoms with Gasteiger partial charge in [0.15, 0.2) is 17.4 Å². The number of hydrogen-bond donors (Lipinski definition) is 3. The zero-order valence-electron chi connectivity index (χ0n) is 14.4. The highest BCUT2D eigenvalue weighted by atomic mass is 19.4. The van der Waals surface area contributed by atoms with E-state index in [1.165, 1.54) is 19.0 Å². The van der Waals surface area contributed by atoms with Crippen LogP contribution >= 0.6 is 0 Å². The number of nitrogens with one attached hydrogen (secondary N) is 2. The molecule has 0 aliphatic heterocycles. The van der Waals surface area contributed by atoms with Crippen molar-refractivity contribution in [1.29, 1.82) is 0 Å². The molecule has 10 heteroatoms. The van der Waals surface area contributed by atoms with Gasteiger partial charge in [-0.1, -0.05) is 0 Å². The molecule has 1 aliphatic carbocycles. The molecule has 0 amide bonds. The number of phenolic OH excluding ortho intramolecular Hbond substituents is 1. The van der Waals surface area contributed by atoms with Crippen LogP contribution in [0.25, 0.3) is 22.2 Å². The summed E-state index contributed by atoms with van der Waals surface area (Å²) < 4.78 is 67.0. The number of H-pyrrole nitrogens is 1. The van der Waals surface area contributed by atoms with E-state index in [0.717, 1.165) is 6.54 Å². The number of rotatable bonds is 5. The van der Waals surface area contributed by atoms with E-state index in [1.807, 2.05) is 0 Å². The first kappa shape index (κ1) is 18.6. The van der Waals surface area contributed by atoms with E-state index in [2.05, 4.69) is 20.5 Å². The van der Waals surface area contributed by atoms with Crippen LogP contribution in [0.15, 0.2) is 18.3 Å². The molecule has 0 unspecified atom stereocenters. The van der Waals surface area contributed by atoms with Gasteiger partial charge in [0.25, 0.3) is 0 Å². The third-order valence-corrected chi connectivity index (χ3v) is 4.68. The highest BCUT2D eigenvalue weighted by Gasteiger charge is 2.38. The van der Waals surface area contributed by atoms with Gasteiger partial charge in [0, 0.05) is 23.7 Å². The first-order chi connectivity index (χ1) is 13.3. The Bertz CT molecular complexity index is 1040. The van der Waals surface area contributed by atoms with Crippen molar-refractivity contribution in [3.63, 3.8) is 0 Å². The summed E-state index contributed by atoms with van der Waals surface area (Å²) >= 11 is 0. The number of alkyl halides is 3. The van der Waals surface area contributed by atoms with Crippen LogP contribution in [0, 0.1) is 17.6 Å². The fourth-order valence-corrected chi connectivity index (χ4v) is 2.99. The lowest BCUT2D eigenvalue weighted by Gasteiger charge is -2.12. The van der Waals surface area contributed by atoms with Crippen LogP contribution in [0.1, 0.15) is 24.1 Å². The summed E-state index contributed by atoms with van der Waals surface area (Å²) in [4.78, 5) is 4.22. The summed E-state index contributed by atoms with van der Waals surface area (Å²) in [7, 11) is 0. The highest BCUT2D eigenvalue weighted by molar-refractivity contribution is 5.93. The van der Waals surface area contributed by atoms with Crippen LogP contribution in [0.3, 0.4) is 0 Å². The molecule has 28 heavy (non-hydrogen) atoms. The fraction of sp³-hybridized carbons (Fsp3) is 0.333. The molecule has 148 valence electrons. The molecule has 2 aromatic heterocycles. The monoisotopic (exact) mass is 398 g/mol. The second-order valence-electron chi connectivity index (χ2n) is 6.81. The van der Waals surface area contributed by atoms with Gasteiger partial charge in [0.05, 0.1) is 16.8 Å². The molecule has 1 aromatic carbocycles. The number of aromatic amines is 1. The maximum atomic E-state index is 14.3. The van der Waals surface area contributed by atoms with Crippen molar-refractivity contribution in [2.24, 2.45) is 5.92 Å². The van der Waals surface area contributed by atoms with Crippen molar-refractivity contribution in [2.75, 3.05) is 6.54 Å². The molecule has 0 spiro atoms. The van der Waals surface area contributed by atoms with E-state index in [9.17, 15) is 27.1 Å². The Morgan fingerprint density at radius 1 is 1.18 bits per heavy atom. The number of benzene rings is 1. The van der Waals surface area contributed by atoms with Crippen LogP contribution in [0.5, 0.6) is 5.75 Å². The highest BCUT2D eigenvalue weighted by Crippen LogP contribution is 2.41. The van der Waals surface area contributed by atoms with Gasteiger partial charge in [-0.3, -0.25) is 10.1 Å². The summed E-state index contributed by atoms with van der Waals surface area (Å²) in [6.07, 6.45) is -1.33. The van der Waals surface area contributed by atoms with Gasteiger partial charge in [0.2, 0.25) is 0 Å². The molecule has 0 bridgehead atoms. The molecule has 3 aromatic rings. The SMILES string of the molecule is Oc1c(F)c(-c2n[nH]c3cc(CNCC4CC4)ncc23)cc(C(F)(F)F)c1F. The average molecular weight is 398 g/mol. The molecule has 5 nitrogen and oxygen atoms in total. The van der Waals surface area contributed by atoms with Crippen molar-refractivity contribution in [3.05, 3.63) is 41.2 Å². The molecule has 1 saturated carbocycles. The Hall–Kier alpha value is -2.75. The van der Waals surface area contributed by atoms with Crippen molar-refractivity contribution in [3.8, 4) is 17.0 Å². The second-order valence-corrected chi connectivity index (χ2v) is 6.81. The predicted octanol–water partition coefficient (Wildman–Crippen LogP) is 4.13. The maximum Gasteiger partial charge on any atom is 0.419 e. The fourth-order valence-electron chi connectivity index (χ4n) is 2.99. The summed E-state index contributed by atoms with van der Waals surface area (Å²) in [6, 6.07) is 1.95. The number of fused-ring (bicyclic) bond motifs is 1. The van der Waals surface area contributed by atoms with E-state index < -0.39 is 34.7 Å².